The Morgan fingerprint density at radius 2 is 1.79 bits per heavy atom. The van der Waals surface area contributed by atoms with E-state index in [0.717, 1.165) is 12.5 Å². The second-order valence-electron chi connectivity index (χ2n) is 5.78. The van der Waals surface area contributed by atoms with Gasteiger partial charge in [-0.2, -0.15) is 0 Å². The minimum atomic E-state index is 0.347. The molecule has 0 radical (unpaired) electrons. The van der Waals surface area contributed by atoms with Crippen LogP contribution in [-0.2, 0) is 0 Å². The molecule has 1 saturated carbocycles. The maximum atomic E-state index is 5.97. The highest BCUT2D eigenvalue weighted by molar-refractivity contribution is 8.02. The third-order valence-corrected chi connectivity index (χ3v) is 4.70. The van der Waals surface area contributed by atoms with Crippen LogP contribution in [0.5, 0.6) is 0 Å². The molecule has 0 saturated heterocycles. The number of nitrogens with two attached hydrogens (primary N) is 1. The van der Waals surface area contributed by atoms with Gasteiger partial charge in [-0.25, -0.2) is 0 Å². The highest BCUT2D eigenvalue weighted by Gasteiger charge is 2.36. The molecule has 0 amide bonds. The molecule has 0 spiro atoms. The molecule has 2 N–H and O–H groups in total. The van der Waals surface area contributed by atoms with Gasteiger partial charge in [-0.1, -0.05) is 27.7 Å². The van der Waals surface area contributed by atoms with Crippen LogP contribution >= 0.6 is 11.8 Å². The highest BCUT2D eigenvalue weighted by Crippen LogP contribution is 2.46. The summed E-state index contributed by atoms with van der Waals surface area (Å²) in [5, 5.41) is 0. The molecular weight excluding hydrogens is 190 g/mol. The summed E-state index contributed by atoms with van der Waals surface area (Å²) in [5.74, 6) is 0.912. The van der Waals surface area contributed by atoms with E-state index in [1.54, 1.807) is 0 Å². The monoisotopic (exact) mass is 215 g/mol. The third-order valence-electron chi connectivity index (χ3n) is 3.08. The van der Waals surface area contributed by atoms with Gasteiger partial charge in [-0.3, -0.25) is 0 Å². The summed E-state index contributed by atoms with van der Waals surface area (Å²) in [7, 11) is 0. The topological polar surface area (TPSA) is 26.0 Å². The van der Waals surface area contributed by atoms with Crippen molar-refractivity contribution in [3.8, 4) is 0 Å². The third kappa shape index (κ3) is 3.47. The molecular formula is C12H25NS. The summed E-state index contributed by atoms with van der Waals surface area (Å²) in [6.07, 6.45) is 5.35. The van der Waals surface area contributed by atoms with Gasteiger partial charge >= 0.3 is 0 Å². The van der Waals surface area contributed by atoms with Gasteiger partial charge in [0, 0.05) is 16.0 Å². The molecule has 14 heavy (non-hydrogen) atoms. The van der Waals surface area contributed by atoms with Gasteiger partial charge in [0.2, 0.25) is 0 Å². The molecule has 1 rings (SSSR count). The van der Waals surface area contributed by atoms with Crippen molar-refractivity contribution in [2.45, 2.75) is 62.9 Å². The first-order valence-electron chi connectivity index (χ1n) is 5.77. The molecule has 84 valence electrons. The maximum Gasteiger partial charge on any atom is 0.0287 e. The van der Waals surface area contributed by atoms with Crippen molar-refractivity contribution >= 4 is 11.8 Å². The Bertz CT molecular complexity index is 175. The lowest BCUT2D eigenvalue weighted by Gasteiger charge is -2.42. The molecule has 0 atom stereocenters. The molecule has 1 aliphatic rings. The van der Waals surface area contributed by atoms with Crippen molar-refractivity contribution in [2.24, 2.45) is 11.7 Å². The van der Waals surface area contributed by atoms with Gasteiger partial charge in [0.1, 0.15) is 0 Å². The molecule has 1 nitrogen and oxygen atoms in total. The van der Waals surface area contributed by atoms with Crippen LogP contribution in [0, 0.1) is 5.92 Å². The van der Waals surface area contributed by atoms with Crippen LogP contribution in [0.1, 0.15) is 53.4 Å². The molecule has 0 bridgehead atoms. The summed E-state index contributed by atoms with van der Waals surface area (Å²) in [6.45, 7) is 10.1. The highest BCUT2D eigenvalue weighted by atomic mass is 32.2. The summed E-state index contributed by atoms with van der Waals surface area (Å²) in [6, 6.07) is 0. The van der Waals surface area contributed by atoms with Gasteiger partial charge in [0.05, 0.1) is 0 Å². The van der Waals surface area contributed by atoms with Crippen molar-refractivity contribution in [3.05, 3.63) is 0 Å². The molecule has 0 aromatic carbocycles. The van der Waals surface area contributed by atoms with Crippen LogP contribution in [0.25, 0.3) is 0 Å². The fourth-order valence-corrected chi connectivity index (χ4v) is 4.11. The second kappa shape index (κ2) is 4.44. The van der Waals surface area contributed by atoms with E-state index in [9.17, 15) is 0 Å². The van der Waals surface area contributed by atoms with Gasteiger partial charge < -0.3 is 5.73 Å². The summed E-state index contributed by atoms with van der Waals surface area (Å²) < 4.78 is 0.727. The first kappa shape index (κ1) is 12.4. The molecule has 0 aliphatic heterocycles. The van der Waals surface area contributed by atoms with E-state index in [-0.39, 0.29) is 0 Å². The predicted molar refractivity (Wildman–Crippen MR) is 66.8 cm³/mol. The average Bonchev–Trinajstić information content (AvgIpc) is 2.07. The van der Waals surface area contributed by atoms with E-state index in [1.807, 2.05) is 0 Å². The van der Waals surface area contributed by atoms with E-state index in [2.05, 4.69) is 39.5 Å². The zero-order valence-corrected chi connectivity index (χ0v) is 10.9. The van der Waals surface area contributed by atoms with Crippen molar-refractivity contribution in [1.82, 2.24) is 0 Å². The Kier molecular flexibility index (Phi) is 3.93. The Hall–Kier alpha value is 0.310. The van der Waals surface area contributed by atoms with Gasteiger partial charge in [0.15, 0.2) is 0 Å². The molecule has 2 heteroatoms. The van der Waals surface area contributed by atoms with Crippen molar-refractivity contribution in [1.29, 1.82) is 0 Å². The number of thioether (sulfide) groups is 1. The predicted octanol–water partition coefficient (Wildman–Crippen LogP) is 3.43. The van der Waals surface area contributed by atoms with Crippen LogP contribution in [0.3, 0.4) is 0 Å². The largest absolute Gasteiger partial charge is 0.329 e. The van der Waals surface area contributed by atoms with Crippen LogP contribution in [0.2, 0.25) is 0 Å². The fourth-order valence-electron chi connectivity index (χ4n) is 2.29. The summed E-state index contributed by atoms with van der Waals surface area (Å²) >= 11 is 2.10. The molecule has 0 heterocycles. The lowest BCUT2D eigenvalue weighted by atomic mass is 9.82. The normalized spacial score (nSPS) is 34.5. The lowest BCUT2D eigenvalue weighted by Crippen LogP contribution is -2.41. The Morgan fingerprint density at radius 3 is 2.14 bits per heavy atom. The molecule has 1 aliphatic carbocycles. The van der Waals surface area contributed by atoms with Gasteiger partial charge in [-0.05, 0) is 31.6 Å². The first-order chi connectivity index (χ1) is 6.37. The minimum absolute atomic E-state index is 0.347. The van der Waals surface area contributed by atoms with Gasteiger partial charge in [-0.15, -0.1) is 11.8 Å². The zero-order chi connectivity index (χ0) is 10.8. The number of rotatable bonds is 2. The Balaban J connectivity index is 2.59. The van der Waals surface area contributed by atoms with E-state index >= 15 is 0 Å². The van der Waals surface area contributed by atoms with Crippen molar-refractivity contribution in [2.75, 3.05) is 6.54 Å². The molecule has 0 aromatic heterocycles. The number of hydrogen-bond acceptors (Lipinski definition) is 2. The Morgan fingerprint density at radius 1 is 1.29 bits per heavy atom. The van der Waals surface area contributed by atoms with Crippen LogP contribution < -0.4 is 5.73 Å². The fraction of sp³-hybridized carbons (Fsp3) is 1.00. The molecule has 0 aromatic rings. The minimum Gasteiger partial charge on any atom is -0.329 e. The number of hydrogen-bond donors (Lipinski definition) is 1. The molecule has 0 unspecified atom stereocenters. The lowest BCUT2D eigenvalue weighted by molar-refractivity contribution is 0.322. The van der Waals surface area contributed by atoms with Crippen molar-refractivity contribution in [3.63, 3.8) is 0 Å². The quantitative estimate of drug-likeness (QED) is 0.764. The smallest absolute Gasteiger partial charge is 0.0287 e. The SMILES string of the molecule is CC1CCC(CN)(SC(C)(C)C)CC1. The maximum absolute atomic E-state index is 5.97. The first-order valence-corrected chi connectivity index (χ1v) is 6.59. The van der Waals surface area contributed by atoms with Crippen LogP contribution in [-0.4, -0.2) is 16.0 Å². The second-order valence-corrected chi connectivity index (χ2v) is 8.08. The van der Waals surface area contributed by atoms with Crippen molar-refractivity contribution < 1.29 is 0 Å². The van der Waals surface area contributed by atoms with E-state index in [0.29, 0.717) is 9.49 Å². The molecule has 1 fully saturated rings. The van der Waals surface area contributed by atoms with Crippen LogP contribution in [0.4, 0.5) is 0 Å². The van der Waals surface area contributed by atoms with Crippen LogP contribution in [0.15, 0.2) is 0 Å². The van der Waals surface area contributed by atoms with E-state index in [1.165, 1.54) is 25.7 Å². The average molecular weight is 215 g/mol. The standard InChI is InChI=1S/C12H25NS/c1-10-5-7-12(9-13,8-6-10)14-11(2,3)4/h10H,5-9,13H2,1-4H3. The Labute approximate surface area is 93.2 Å². The van der Waals surface area contributed by atoms with Gasteiger partial charge in [0.25, 0.3) is 0 Å². The van der Waals surface area contributed by atoms with E-state index < -0.39 is 0 Å². The summed E-state index contributed by atoms with van der Waals surface area (Å²) in [5.41, 5.74) is 5.97. The van der Waals surface area contributed by atoms with E-state index in [4.69, 9.17) is 5.73 Å². The zero-order valence-electron chi connectivity index (χ0n) is 10.1. The summed E-state index contributed by atoms with van der Waals surface area (Å²) in [4.78, 5) is 0.